The Kier molecular flexibility index (Phi) is 4.40. The van der Waals surface area contributed by atoms with Crippen LogP contribution in [0.1, 0.15) is 44.0 Å². The zero-order valence-corrected chi connectivity index (χ0v) is 11.8. The Morgan fingerprint density at radius 2 is 2.17 bits per heavy atom. The van der Waals surface area contributed by atoms with Crippen molar-refractivity contribution in [2.45, 2.75) is 64.8 Å². The lowest BCUT2D eigenvalue weighted by molar-refractivity contribution is 0.0278. The highest BCUT2D eigenvalue weighted by atomic mass is 16.3. The Morgan fingerprint density at radius 1 is 1.44 bits per heavy atom. The fourth-order valence-corrected chi connectivity index (χ4v) is 2.98. The van der Waals surface area contributed by atoms with Crippen molar-refractivity contribution in [2.75, 3.05) is 7.05 Å². The first-order valence-corrected chi connectivity index (χ1v) is 7.03. The minimum Gasteiger partial charge on any atom is -0.391 e. The summed E-state index contributed by atoms with van der Waals surface area (Å²) in [5.41, 5.74) is 2.32. The molecule has 0 saturated heterocycles. The summed E-state index contributed by atoms with van der Waals surface area (Å²) in [4.78, 5) is 2.28. The Bertz CT molecular complexity index is 388. The second-order valence-corrected chi connectivity index (χ2v) is 5.43. The number of aliphatic hydroxyl groups excluding tert-OH is 1. The number of aromatic nitrogens is 2. The molecular formula is C14H25N3O. The number of rotatable bonds is 4. The van der Waals surface area contributed by atoms with E-state index < -0.39 is 0 Å². The number of likely N-dealkylation sites (N-methyl/N-ethyl adjacent to an activating group) is 1. The molecule has 1 aromatic rings. The summed E-state index contributed by atoms with van der Waals surface area (Å²) in [6.45, 7) is 5.93. The molecule has 102 valence electrons. The molecule has 0 aromatic carbocycles. The molecule has 4 heteroatoms. The van der Waals surface area contributed by atoms with Crippen LogP contribution in [0.15, 0.2) is 6.07 Å². The summed E-state index contributed by atoms with van der Waals surface area (Å²) in [7, 11) is 2.11. The number of hydrogen-bond acceptors (Lipinski definition) is 3. The van der Waals surface area contributed by atoms with Crippen LogP contribution >= 0.6 is 0 Å². The van der Waals surface area contributed by atoms with Crippen molar-refractivity contribution in [3.63, 3.8) is 0 Å². The van der Waals surface area contributed by atoms with E-state index in [0.29, 0.717) is 6.04 Å². The van der Waals surface area contributed by atoms with Gasteiger partial charge >= 0.3 is 0 Å². The Hall–Kier alpha value is -0.870. The van der Waals surface area contributed by atoms with Crippen LogP contribution in [0.3, 0.4) is 0 Å². The molecule has 0 bridgehead atoms. The highest BCUT2D eigenvalue weighted by Gasteiger charge is 2.27. The van der Waals surface area contributed by atoms with Gasteiger partial charge in [0, 0.05) is 19.1 Å². The summed E-state index contributed by atoms with van der Waals surface area (Å²) in [5, 5.41) is 14.6. The molecule has 18 heavy (non-hydrogen) atoms. The lowest BCUT2D eigenvalue weighted by Gasteiger charge is -2.35. The third kappa shape index (κ3) is 2.93. The molecule has 0 aliphatic heterocycles. The topological polar surface area (TPSA) is 41.3 Å². The van der Waals surface area contributed by atoms with Crippen LogP contribution in [0.25, 0.3) is 0 Å². The molecule has 2 atom stereocenters. The van der Waals surface area contributed by atoms with E-state index >= 15 is 0 Å². The molecule has 2 unspecified atom stereocenters. The number of aliphatic hydroxyl groups is 1. The second-order valence-electron chi connectivity index (χ2n) is 5.43. The summed E-state index contributed by atoms with van der Waals surface area (Å²) in [6.07, 6.45) is 4.29. The molecule has 0 amide bonds. The predicted octanol–water partition coefficient (Wildman–Crippen LogP) is 1.95. The van der Waals surface area contributed by atoms with Gasteiger partial charge in [-0.05, 0) is 39.8 Å². The number of aryl methyl sites for hydroxylation is 2. The average molecular weight is 251 g/mol. The van der Waals surface area contributed by atoms with Crippen LogP contribution in [-0.4, -0.2) is 39.0 Å². The van der Waals surface area contributed by atoms with Crippen molar-refractivity contribution < 1.29 is 5.11 Å². The minimum atomic E-state index is -0.164. The molecule has 1 N–H and O–H groups in total. The minimum absolute atomic E-state index is 0.164. The summed E-state index contributed by atoms with van der Waals surface area (Å²) in [5.74, 6) is 0. The maximum Gasteiger partial charge on any atom is 0.0695 e. The third-order valence-corrected chi connectivity index (χ3v) is 3.96. The van der Waals surface area contributed by atoms with E-state index in [0.717, 1.165) is 38.0 Å². The molecule has 0 radical (unpaired) electrons. The molecule has 1 aliphatic rings. The number of nitrogens with zero attached hydrogens (tertiary/aromatic N) is 3. The van der Waals surface area contributed by atoms with Crippen molar-refractivity contribution in [1.29, 1.82) is 0 Å². The molecule has 4 nitrogen and oxygen atoms in total. The van der Waals surface area contributed by atoms with E-state index in [1.54, 1.807) is 0 Å². The smallest absolute Gasteiger partial charge is 0.0695 e. The van der Waals surface area contributed by atoms with Gasteiger partial charge in [-0.1, -0.05) is 12.8 Å². The van der Waals surface area contributed by atoms with E-state index in [9.17, 15) is 5.11 Å². The van der Waals surface area contributed by atoms with E-state index in [-0.39, 0.29) is 6.10 Å². The fourth-order valence-electron chi connectivity index (χ4n) is 2.98. The van der Waals surface area contributed by atoms with E-state index in [1.807, 2.05) is 6.92 Å². The molecule has 1 aromatic heterocycles. The summed E-state index contributed by atoms with van der Waals surface area (Å²) in [6, 6.07) is 2.45. The van der Waals surface area contributed by atoms with Crippen molar-refractivity contribution >= 4 is 0 Å². The standard InChI is InChI=1S/C14H25N3O/c1-4-17-12(9-11(2)15-17)10-16(3)13-7-5-6-8-14(13)18/h9,13-14,18H,4-8,10H2,1-3H3. The van der Waals surface area contributed by atoms with E-state index in [2.05, 4.69) is 34.7 Å². The predicted molar refractivity (Wildman–Crippen MR) is 72.4 cm³/mol. The van der Waals surface area contributed by atoms with Crippen LogP contribution in [0.5, 0.6) is 0 Å². The zero-order valence-electron chi connectivity index (χ0n) is 11.8. The molecular weight excluding hydrogens is 226 g/mol. The first-order chi connectivity index (χ1) is 8.61. The average Bonchev–Trinajstić information content (AvgIpc) is 2.70. The van der Waals surface area contributed by atoms with Gasteiger partial charge in [0.25, 0.3) is 0 Å². The molecule has 1 fully saturated rings. The van der Waals surface area contributed by atoms with Crippen LogP contribution in [-0.2, 0) is 13.1 Å². The molecule has 0 spiro atoms. The van der Waals surface area contributed by atoms with Crippen molar-refractivity contribution in [1.82, 2.24) is 14.7 Å². The number of hydrogen-bond donors (Lipinski definition) is 1. The molecule has 1 saturated carbocycles. The SMILES string of the molecule is CCn1nc(C)cc1CN(C)C1CCCCC1O. The van der Waals surface area contributed by atoms with Crippen molar-refractivity contribution in [3.05, 3.63) is 17.5 Å². The van der Waals surface area contributed by atoms with Gasteiger partial charge in [0.2, 0.25) is 0 Å². The van der Waals surface area contributed by atoms with Crippen LogP contribution in [0.2, 0.25) is 0 Å². The van der Waals surface area contributed by atoms with Gasteiger partial charge in [-0.25, -0.2) is 0 Å². The van der Waals surface area contributed by atoms with Gasteiger partial charge in [-0.3, -0.25) is 9.58 Å². The van der Waals surface area contributed by atoms with Gasteiger partial charge in [0.05, 0.1) is 17.5 Å². The van der Waals surface area contributed by atoms with E-state index in [4.69, 9.17) is 0 Å². The second kappa shape index (κ2) is 5.85. The summed E-state index contributed by atoms with van der Waals surface area (Å²) >= 11 is 0. The quantitative estimate of drug-likeness (QED) is 0.889. The highest BCUT2D eigenvalue weighted by Crippen LogP contribution is 2.23. The monoisotopic (exact) mass is 251 g/mol. The lowest BCUT2D eigenvalue weighted by Crippen LogP contribution is -2.43. The first-order valence-electron chi connectivity index (χ1n) is 7.03. The first kappa shape index (κ1) is 13.6. The lowest BCUT2D eigenvalue weighted by atomic mass is 9.91. The summed E-state index contributed by atoms with van der Waals surface area (Å²) < 4.78 is 2.06. The Balaban J connectivity index is 2.03. The van der Waals surface area contributed by atoms with Gasteiger partial charge in [0.15, 0.2) is 0 Å². The Labute approximate surface area is 110 Å². The van der Waals surface area contributed by atoms with E-state index in [1.165, 1.54) is 12.1 Å². The van der Waals surface area contributed by atoms with Crippen LogP contribution < -0.4 is 0 Å². The van der Waals surface area contributed by atoms with Gasteiger partial charge in [-0.15, -0.1) is 0 Å². The molecule has 2 rings (SSSR count). The largest absolute Gasteiger partial charge is 0.391 e. The van der Waals surface area contributed by atoms with Gasteiger partial charge < -0.3 is 5.11 Å². The van der Waals surface area contributed by atoms with Crippen molar-refractivity contribution in [3.8, 4) is 0 Å². The Morgan fingerprint density at radius 3 is 2.83 bits per heavy atom. The van der Waals surface area contributed by atoms with Crippen LogP contribution in [0, 0.1) is 6.92 Å². The van der Waals surface area contributed by atoms with Crippen molar-refractivity contribution in [2.24, 2.45) is 0 Å². The van der Waals surface area contributed by atoms with Gasteiger partial charge in [0.1, 0.15) is 0 Å². The third-order valence-electron chi connectivity index (χ3n) is 3.96. The van der Waals surface area contributed by atoms with Crippen LogP contribution in [0.4, 0.5) is 0 Å². The maximum absolute atomic E-state index is 10.1. The zero-order chi connectivity index (χ0) is 13.1. The fraction of sp³-hybridized carbons (Fsp3) is 0.786. The maximum atomic E-state index is 10.1. The van der Waals surface area contributed by atoms with Gasteiger partial charge in [-0.2, -0.15) is 5.10 Å². The normalized spacial score (nSPS) is 24.7. The molecule has 1 aliphatic carbocycles. The molecule has 1 heterocycles. The highest BCUT2D eigenvalue weighted by molar-refractivity contribution is 5.09.